The van der Waals surface area contributed by atoms with Crippen LogP contribution in [-0.2, 0) is 10.0 Å². The molecule has 8 heteroatoms. The van der Waals surface area contributed by atoms with Crippen LogP contribution in [0.1, 0.15) is 47.2 Å². The molecule has 31 heavy (non-hydrogen) atoms. The molecule has 3 rings (SSSR count). The number of amides is 1. The van der Waals surface area contributed by atoms with Gasteiger partial charge in [-0.1, -0.05) is 36.6 Å². The molecule has 0 saturated carbocycles. The van der Waals surface area contributed by atoms with E-state index in [0.29, 0.717) is 26.2 Å². The van der Waals surface area contributed by atoms with Gasteiger partial charge in [0, 0.05) is 18.7 Å². The number of rotatable bonds is 7. The molecule has 168 valence electrons. The van der Waals surface area contributed by atoms with Crippen molar-refractivity contribution in [2.24, 2.45) is 0 Å². The molecule has 1 N–H and O–H groups in total. The van der Waals surface area contributed by atoms with Gasteiger partial charge < -0.3 is 10.1 Å². The maximum Gasteiger partial charge on any atom is 0.251 e. The number of aryl methyl sites for hydroxylation is 1. The highest BCUT2D eigenvalue weighted by molar-refractivity contribution is 7.89. The van der Waals surface area contributed by atoms with E-state index in [4.69, 9.17) is 16.3 Å². The van der Waals surface area contributed by atoms with Gasteiger partial charge in [0.25, 0.3) is 5.91 Å². The number of carbonyl (C=O) groups excluding carboxylic acids is 1. The Kier molecular flexibility index (Phi) is 7.97. The Hall–Kier alpha value is -2.09. The number of hydrogen-bond donors (Lipinski definition) is 1. The Morgan fingerprint density at radius 2 is 1.81 bits per heavy atom. The first-order valence-corrected chi connectivity index (χ1v) is 12.4. The lowest BCUT2D eigenvalue weighted by molar-refractivity contribution is 0.0946. The van der Waals surface area contributed by atoms with Gasteiger partial charge in [0.2, 0.25) is 10.0 Å². The second-order valence-electron chi connectivity index (χ2n) is 7.77. The minimum atomic E-state index is -3.75. The van der Waals surface area contributed by atoms with E-state index in [1.54, 1.807) is 0 Å². The fraction of sp³-hybridized carbons (Fsp3) is 0.435. The molecule has 1 fully saturated rings. The predicted molar refractivity (Wildman–Crippen MR) is 122 cm³/mol. The smallest absolute Gasteiger partial charge is 0.251 e. The van der Waals surface area contributed by atoms with Crippen LogP contribution in [-0.4, -0.2) is 44.9 Å². The molecule has 0 unspecified atom stereocenters. The SMILES string of the molecule is Cc1cccc(OCCNC(=O)c2ccc(Cl)c(S(=O)(=O)N3CCCCCC3)c2)c1C. The quantitative estimate of drug-likeness (QED) is 0.619. The average Bonchev–Trinajstić information content (AvgIpc) is 3.04. The molecule has 2 aromatic rings. The summed E-state index contributed by atoms with van der Waals surface area (Å²) < 4.78 is 33.4. The number of sulfonamides is 1. The molecule has 0 bridgehead atoms. The largest absolute Gasteiger partial charge is 0.491 e. The molecule has 1 saturated heterocycles. The number of halogens is 1. The van der Waals surface area contributed by atoms with Crippen molar-refractivity contribution in [3.63, 3.8) is 0 Å². The first-order chi connectivity index (χ1) is 14.8. The van der Waals surface area contributed by atoms with Crippen molar-refractivity contribution in [2.75, 3.05) is 26.2 Å². The molecule has 0 atom stereocenters. The van der Waals surface area contributed by atoms with Crippen LogP contribution in [0.25, 0.3) is 0 Å². The normalized spacial score (nSPS) is 15.3. The molecule has 6 nitrogen and oxygen atoms in total. The molecule has 2 aromatic carbocycles. The maximum absolute atomic E-state index is 13.1. The van der Waals surface area contributed by atoms with Gasteiger partial charge in [-0.3, -0.25) is 4.79 Å². The second kappa shape index (κ2) is 10.5. The van der Waals surface area contributed by atoms with E-state index in [9.17, 15) is 13.2 Å². The summed E-state index contributed by atoms with van der Waals surface area (Å²) >= 11 is 6.21. The molecule has 1 aliphatic rings. The van der Waals surface area contributed by atoms with Crippen molar-refractivity contribution in [3.05, 3.63) is 58.1 Å². The first kappa shape index (κ1) is 23.6. The summed E-state index contributed by atoms with van der Waals surface area (Å²) in [5.74, 6) is 0.417. The van der Waals surface area contributed by atoms with E-state index in [0.717, 1.165) is 42.6 Å². The molecular weight excluding hydrogens is 436 g/mol. The third-order valence-electron chi connectivity index (χ3n) is 5.58. The van der Waals surface area contributed by atoms with Gasteiger partial charge in [-0.15, -0.1) is 0 Å². The lowest BCUT2D eigenvalue weighted by Crippen LogP contribution is -2.32. The van der Waals surface area contributed by atoms with Crippen molar-refractivity contribution < 1.29 is 17.9 Å². The van der Waals surface area contributed by atoms with Crippen molar-refractivity contribution in [1.29, 1.82) is 0 Å². The molecule has 0 aromatic heterocycles. The van der Waals surface area contributed by atoms with E-state index in [2.05, 4.69) is 5.32 Å². The summed E-state index contributed by atoms with van der Waals surface area (Å²) in [4.78, 5) is 12.6. The van der Waals surface area contributed by atoms with E-state index >= 15 is 0 Å². The maximum atomic E-state index is 13.1. The standard InChI is InChI=1S/C23H29ClN2O4S/c1-17-8-7-9-21(18(17)2)30-15-12-25-23(27)19-10-11-20(24)22(16-19)31(28,29)26-13-5-3-4-6-14-26/h7-11,16H,3-6,12-15H2,1-2H3,(H,25,27). The Balaban J connectivity index is 1.65. The van der Waals surface area contributed by atoms with Crippen LogP contribution < -0.4 is 10.1 Å². The van der Waals surface area contributed by atoms with Gasteiger partial charge in [0.1, 0.15) is 17.3 Å². The van der Waals surface area contributed by atoms with E-state index in [1.807, 2.05) is 32.0 Å². The first-order valence-electron chi connectivity index (χ1n) is 10.6. The molecule has 0 spiro atoms. The number of hydrogen-bond acceptors (Lipinski definition) is 4. The number of nitrogens with one attached hydrogen (secondary N) is 1. The van der Waals surface area contributed by atoms with Crippen LogP contribution in [0, 0.1) is 13.8 Å². The summed E-state index contributed by atoms with van der Waals surface area (Å²) in [5.41, 5.74) is 2.46. The Labute approximate surface area is 189 Å². The van der Waals surface area contributed by atoms with Gasteiger partial charge in [-0.2, -0.15) is 4.31 Å². The zero-order chi connectivity index (χ0) is 22.4. The molecule has 0 radical (unpaired) electrons. The van der Waals surface area contributed by atoms with Crippen molar-refractivity contribution in [2.45, 2.75) is 44.4 Å². The van der Waals surface area contributed by atoms with Crippen LogP contribution in [0.5, 0.6) is 5.75 Å². The minimum absolute atomic E-state index is 0.0182. The highest BCUT2D eigenvalue weighted by Crippen LogP contribution is 2.27. The summed E-state index contributed by atoms with van der Waals surface area (Å²) in [6.45, 7) is 5.56. The average molecular weight is 465 g/mol. The van der Waals surface area contributed by atoms with Crippen LogP contribution in [0.4, 0.5) is 0 Å². The molecule has 1 heterocycles. The lowest BCUT2D eigenvalue weighted by atomic mass is 10.1. The summed E-state index contributed by atoms with van der Waals surface area (Å²) in [7, 11) is -3.75. The summed E-state index contributed by atoms with van der Waals surface area (Å²) in [5, 5.41) is 2.90. The zero-order valence-corrected chi connectivity index (χ0v) is 19.6. The van der Waals surface area contributed by atoms with E-state index < -0.39 is 10.0 Å². The Morgan fingerprint density at radius 1 is 1.10 bits per heavy atom. The van der Waals surface area contributed by atoms with Crippen LogP contribution in [0.2, 0.25) is 5.02 Å². The number of benzene rings is 2. The fourth-order valence-electron chi connectivity index (χ4n) is 3.57. The summed E-state index contributed by atoms with van der Waals surface area (Å²) in [6.07, 6.45) is 3.70. The molecule has 1 aliphatic heterocycles. The van der Waals surface area contributed by atoms with Gasteiger partial charge >= 0.3 is 0 Å². The van der Waals surface area contributed by atoms with Gasteiger partial charge in [-0.25, -0.2) is 8.42 Å². The molecule has 0 aliphatic carbocycles. The summed E-state index contributed by atoms with van der Waals surface area (Å²) in [6, 6.07) is 10.2. The monoisotopic (exact) mass is 464 g/mol. The molecular formula is C23H29ClN2O4S. The van der Waals surface area contributed by atoms with Crippen molar-refractivity contribution in [1.82, 2.24) is 9.62 Å². The second-order valence-corrected chi connectivity index (χ2v) is 10.1. The van der Waals surface area contributed by atoms with E-state index in [-0.39, 0.29) is 21.4 Å². The number of nitrogens with zero attached hydrogens (tertiary/aromatic N) is 1. The van der Waals surface area contributed by atoms with Gasteiger partial charge in [-0.05, 0) is 62.1 Å². The molecule has 1 amide bonds. The van der Waals surface area contributed by atoms with Crippen molar-refractivity contribution in [3.8, 4) is 5.75 Å². The third-order valence-corrected chi connectivity index (χ3v) is 7.96. The van der Waals surface area contributed by atoms with Gasteiger partial charge in [0.05, 0.1) is 11.6 Å². The Morgan fingerprint density at radius 3 is 2.52 bits per heavy atom. The predicted octanol–water partition coefficient (Wildman–Crippen LogP) is 4.33. The number of ether oxygens (including phenoxy) is 1. The fourth-order valence-corrected chi connectivity index (χ4v) is 5.59. The van der Waals surface area contributed by atoms with Crippen LogP contribution in [0.3, 0.4) is 0 Å². The number of carbonyl (C=O) groups is 1. The topological polar surface area (TPSA) is 75.7 Å². The van der Waals surface area contributed by atoms with Crippen molar-refractivity contribution >= 4 is 27.5 Å². The minimum Gasteiger partial charge on any atom is -0.491 e. The van der Waals surface area contributed by atoms with Gasteiger partial charge in [0.15, 0.2) is 0 Å². The highest BCUT2D eigenvalue weighted by atomic mass is 35.5. The third kappa shape index (κ3) is 5.79. The highest BCUT2D eigenvalue weighted by Gasteiger charge is 2.28. The van der Waals surface area contributed by atoms with Crippen LogP contribution >= 0.6 is 11.6 Å². The van der Waals surface area contributed by atoms with E-state index in [1.165, 1.54) is 22.5 Å². The Bertz CT molecular complexity index is 1030. The van der Waals surface area contributed by atoms with Crippen LogP contribution in [0.15, 0.2) is 41.3 Å². The zero-order valence-electron chi connectivity index (χ0n) is 18.0. The lowest BCUT2D eigenvalue weighted by Gasteiger charge is -2.21.